The van der Waals surface area contributed by atoms with Gasteiger partial charge in [0.15, 0.2) is 0 Å². The summed E-state index contributed by atoms with van der Waals surface area (Å²) in [7, 11) is 0. The largest absolute Gasteiger partial charge is 0.312 e. The van der Waals surface area contributed by atoms with Gasteiger partial charge in [0.05, 0.1) is 0 Å². The summed E-state index contributed by atoms with van der Waals surface area (Å²) in [5.41, 5.74) is 4.12. The molecule has 1 N–H and O–H groups in total. The van der Waals surface area contributed by atoms with Crippen molar-refractivity contribution in [3.8, 4) is 10.4 Å². The molecule has 3 rings (SSSR count). The van der Waals surface area contributed by atoms with E-state index in [-0.39, 0.29) is 0 Å². The van der Waals surface area contributed by atoms with Gasteiger partial charge in [0.2, 0.25) is 0 Å². The number of rotatable bonds is 1. The fourth-order valence-corrected chi connectivity index (χ4v) is 3.62. The molecule has 2 aromatic rings. The molecule has 1 aromatic heterocycles. The third-order valence-electron chi connectivity index (χ3n) is 3.18. The van der Waals surface area contributed by atoms with Crippen LogP contribution >= 0.6 is 27.3 Å². The Bertz CT molecular complexity index is 536. The number of hydrogen-bond donors (Lipinski definition) is 1. The van der Waals surface area contributed by atoms with E-state index in [4.69, 9.17) is 0 Å². The van der Waals surface area contributed by atoms with Crippen LogP contribution in [0.2, 0.25) is 0 Å². The molecule has 0 unspecified atom stereocenters. The Hall–Kier alpha value is -0.640. The van der Waals surface area contributed by atoms with E-state index in [0.29, 0.717) is 0 Å². The number of fused-ring (bicyclic) bond motifs is 1. The van der Waals surface area contributed by atoms with Crippen LogP contribution in [0.3, 0.4) is 0 Å². The van der Waals surface area contributed by atoms with Crippen molar-refractivity contribution >= 4 is 27.3 Å². The van der Waals surface area contributed by atoms with E-state index in [1.54, 1.807) is 4.88 Å². The van der Waals surface area contributed by atoms with Crippen molar-refractivity contribution in [3.05, 3.63) is 44.7 Å². The molecule has 0 atom stereocenters. The molecule has 1 aliphatic rings. The number of halogens is 1. The number of hydrogen-bond acceptors (Lipinski definition) is 2. The highest BCUT2D eigenvalue weighted by Crippen LogP contribution is 2.34. The van der Waals surface area contributed by atoms with E-state index in [1.807, 2.05) is 11.3 Å². The zero-order valence-electron chi connectivity index (χ0n) is 9.72. The summed E-state index contributed by atoms with van der Waals surface area (Å²) in [5.74, 6) is 0. The lowest BCUT2D eigenvalue weighted by Gasteiger charge is -2.10. The normalized spacial score (nSPS) is 14.7. The topological polar surface area (TPSA) is 12.0 Å². The highest BCUT2D eigenvalue weighted by atomic mass is 79.9. The summed E-state index contributed by atoms with van der Waals surface area (Å²) >= 11 is 5.50. The molecule has 1 aromatic carbocycles. The molecular weight excluding hydrogens is 294 g/mol. The van der Waals surface area contributed by atoms with Crippen molar-refractivity contribution < 1.29 is 0 Å². The van der Waals surface area contributed by atoms with Gasteiger partial charge in [0.25, 0.3) is 0 Å². The van der Waals surface area contributed by atoms with Crippen LogP contribution in [0.5, 0.6) is 0 Å². The zero-order valence-corrected chi connectivity index (χ0v) is 12.1. The zero-order chi connectivity index (χ0) is 11.8. The molecule has 0 aliphatic carbocycles. The molecule has 2 heterocycles. The lowest BCUT2D eigenvalue weighted by Crippen LogP contribution is -2.21. The molecule has 0 spiro atoms. The highest BCUT2D eigenvalue weighted by Gasteiger charge is 2.13. The minimum absolute atomic E-state index is 1.03. The van der Waals surface area contributed by atoms with Crippen LogP contribution in [0, 0.1) is 6.92 Å². The lowest BCUT2D eigenvalue weighted by molar-refractivity contribution is 0.653. The van der Waals surface area contributed by atoms with Gasteiger partial charge in [-0.05, 0) is 48.2 Å². The standard InChI is InChI=1S/C14H14BrNS/c1-9-6-10(2-3-12(9)15)14-7-11-8-16-5-4-13(11)17-14/h2-3,6-7,16H,4-5,8H2,1H3. The predicted octanol–water partition coefficient (Wildman–Crippen LogP) is 4.13. The maximum absolute atomic E-state index is 3.55. The quantitative estimate of drug-likeness (QED) is 0.835. The second-order valence-electron chi connectivity index (χ2n) is 4.45. The third kappa shape index (κ3) is 2.19. The molecule has 0 saturated carbocycles. The lowest BCUT2D eigenvalue weighted by atomic mass is 10.1. The van der Waals surface area contributed by atoms with E-state index in [1.165, 1.54) is 32.5 Å². The maximum Gasteiger partial charge on any atom is 0.0349 e. The molecule has 0 amide bonds. The number of aryl methyl sites for hydroxylation is 1. The first-order valence-corrected chi connectivity index (χ1v) is 7.44. The molecule has 0 bridgehead atoms. The number of benzene rings is 1. The Morgan fingerprint density at radius 1 is 1.29 bits per heavy atom. The molecule has 88 valence electrons. The van der Waals surface area contributed by atoms with Crippen molar-refractivity contribution in [2.45, 2.75) is 19.9 Å². The first kappa shape index (κ1) is 11.5. The van der Waals surface area contributed by atoms with Crippen molar-refractivity contribution in [2.75, 3.05) is 6.54 Å². The Kier molecular flexibility index (Phi) is 3.07. The SMILES string of the molecule is Cc1cc(-c2cc3c(s2)CCNC3)ccc1Br. The van der Waals surface area contributed by atoms with Crippen LogP contribution in [-0.2, 0) is 13.0 Å². The minimum Gasteiger partial charge on any atom is -0.312 e. The summed E-state index contributed by atoms with van der Waals surface area (Å²) in [5, 5.41) is 3.43. The van der Waals surface area contributed by atoms with E-state index in [0.717, 1.165) is 13.1 Å². The fraction of sp³-hybridized carbons (Fsp3) is 0.286. The van der Waals surface area contributed by atoms with Crippen molar-refractivity contribution in [2.24, 2.45) is 0 Å². The van der Waals surface area contributed by atoms with Crippen molar-refractivity contribution in [3.63, 3.8) is 0 Å². The molecule has 1 aliphatic heterocycles. The molecule has 17 heavy (non-hydrogen) atoms. The van der Waals surface area contributed by atoms with Crippen LogP contribution < -0.4 is 5.32 Å². The summed E-state index contributed by atoms with van der Waals surface area (Å²) < 4.78 is 1.18. The maximum atomic E-state index is 3.55. The number of nitrogens with one attached hydrogen (secondary N) is 1. The smallest absolute Gasteiger partial charge is 0.0349 e. The first-order chi connectivity index (χ1) is 8.24. The average molecular weight is 308 g/mol. The van der Waals surface area contributed by atoms with Gasteiger partial charge in [-0.2, -0.15) is 0 Å². The van der Waals surface area contributed by atoms with Crippen molar-refractivity contribution in [1.29, 1.82) is 0 Å². The Balaban J connectivity index is 2.03. The van der Waals surface area contributed by atoms with Gasteiger partial charge in [-0.3, -0.25) is 0 Å². The van der Waals surface area contributed by atoms with E-state index in [9.17, 15) is 0 Å². The van der Waals surface area contributed by atoms with E-state index < -0.39 is 0 Å². The van der Waals surface area contributed by atoms with Crippen LogP contribution in [0.25, 0.3) is 10.4 Å². The predicted molar refractivity (Wildman–Crippen MR) is 77.6 cm³/mol. The second-order valence-corrected chi connectivity index (χ2v) is 6.44. The Morgan fingerprint density at radius 2 is 2.18 bits per heavy atom. The molecule has 0 saturated heterocycles. The molecule has 3 heteroatoms. The summed E-state index contributed by atoms with van der Waals surface area (Å²) in [6, 6.07) is 8.94. The third-order valence-corrected chi connectivity index (χ3v) is 5.36. The molecule has 1 nitrogen and oxygen atoms in total. The first-order valence-electron chi connectivity index (χ1n) is 5.83. The Labute approximate surface area is 114 Å². The summed E-state index contributed by atoms with van der Waals surface area (Å²) in [4.78, 5) is 2.95. The second kappa shape index (κ2) is 4.56. The number of thiophene rings is 1. The fourth-order valence-electron chi connectivity index (χ4n) is 2.19. The van der Waals surface area contributed by atoms with E-state index in [2.05, 4.69) is 52.4 Å². The molecule has 0 fully saturated rings. The monoisotopic (exact) mass is 307 g/mol. The minimum atomic E-state index is 1.03. The summed E-state index contributed by atoms with van der Waals surface area (Å²) in [6.45, 7) is 4.29. The average Bonchev–Trinajstić information content (AvgIpc) is 2.76. The van der Waals surface area contributed by atoms with Gasteiger partial charge in [0.1, 0.15) is 0 Å². The van der Waals surface area contributed by atoms with Crippen LogP contribution in [-0.4, -0.2) is 6.54 Å². The van der Waals surface area contributed by atoms with Gasteiger partial charge >= 0.3 is 0 Å². The van der Waals surface area contributed by atoms with Gasteiger partial charge in [-0.25, -0.2) is 0 Å². The molecule has 0 radical (unpaired) electrons. The molecular formula is C14H14BrNS. The van der Waals surface area contributed by atoms with Gasteiger partial charge in [-0.1, -0.05) is 22.0 Å². The van der Waals surface area contributed by atoms with Crippen LogP contribution in [0.4, 0.5) is 0 Å². The van der Waals surface area contributed by atoms with Crippen LogP contribution in [0.15, 0.2) is 28.7 Å². The highest BCUT2D eigenvalue weighted by molar-refractivity contribution is 9.10. The van der Waals surface area contributed by atoms with Crippen molar-refractivity contribution in [1.82, 2.24) is 5.32 Å². The Morgan fingerprint density at radius 3 is 2.94 bits per heavy atom. The van der Waals surface area contributed by atoms with Crippen LogP contribution in [0.1, 0.15) is 16.0 Å². The van der Waals surface area contributed by atoms with Gasteiger partial charge in [-0.15, -0.1) is 11.3 Å². The van der Waals surface area contributed by atoms with E-state index >= 15 is 0 Å². The van der Waals surface area contributed by atoms with Gasteiger partial charge in [0, 0.05) is 27.3 Å². The van der Waals surface area contributed by atoms with Gasteiger partial charge < -0.3 is 5.32 Å². The summed E-state index contributed by atoms with van der Waals surface area (Å²) in [6.07, 6.45) is 1.18.